The molecule has 0 bridgehead atoms. The molecule has 1 aliphatic heterocycles. The fourth-order valence-corrected chi connectivity index (χ4v) is 4.11. The molecule has 2 heterocycles. The van der Waals surface area contributed by atoms with E-state index < -0.39 is 17.9 Å². The van der Waals surface area contributed by atoms with Crippen LogP contribution in [0.15, 0.2) is 90.8 Å². The molecule has 2 atom stereocenters. The quantitative estimate of drug-likeness (QED) is 0.290. The van der Waals surface area contributed by atoms with E-state index in [0.29, 0.717) is 11.4 Å². The number of carbonyl (C=O) groups is 2. The molecule has 2 amide bonds. The van der Waals surface area contributed by atoms with Gasteiger partial charge in [-0.3, -0.25) is 19.9 Å². The molecule has 0 spiro atoms. The zero-order chi connectivity index (χ0) is 21.8. The minimum Gasteiger partial charge on any atom is -0.272 e. The summed E-state index contributed by atoms with van der Waals surface area (Å²) < 4.78 is 1.79. The summed E-state index contributed by atoms with van der Waals surface area (Å²) >= 11 is 6.05. The SMILES string of the molecule is N=C=C1C(=O)N(CCc2ccccc2)C(=O)C([n+]2ccccc2)C1c1ccc(Cl)cc1. The van der Waals surface area contributed by atoms with Gasteiger partial charge in [-0.2, -0.15) is 4.57 Å². The van der Waals surface area contributed by atoms with Crippen LogP contribution in [-0.4, -0.2) is 29.1 Å². The van der Waals surface area contributed by atoms with Crippen LogP contribution in [0, 0.1) is 5.41 Å². The van der Waals surface area contributed by atoms with Crippen LogP contribution in [0.5, 0.6) is 0 Å². The van der Waals surface area contributed by atoms with Crippen LogP contribution >= 0.6 is 11.6 Å². The van der Waals surface area contributed by atoms with Gasteiger partial charge < -0.3 is 0 Å². The molecule has 1 aromatic heterocycles. The van der Waals surface area contributed by atoms with Crippen molar-refractivity contribution in [2.75, 3.05) is 6.54 Å². The van der Waals surface area contributed by atoms with Crippen LogP contribution in [0.3, 0.4) is 0 Å². The van der Waals surface area contributed by atoms with E-state index >= 15 is 0 Å². The highest BCUT2D eigenvalue weighted by atomic mass is 35.5. The average molecular weight is 431 g/mol. The third-order valence-corrected chi connectivity index (χ3v) is 5.76. The summed E-state index contributed by atoms with van der Waals surface area (Å²) in [6.07, 6.45) is 4.15. The average Bonchev–Trinajstić information content (AvgIpc) is 2.80. The fraction of sp³-hybridized carbons (Fsp3) is 0.160. The molecule has 1 aliphatic rings. The van der Waals surface area contributed by atoms with Gasteiger partial charge in [0.1, 0.15) is 0 Å². The number of halogens is 1. The normalized spacial score (nSPS) is 18.7. The van der Waals surface area contributed by atoms with Crippen LogP contribution < -0.4 is 4.57 Å². The summed E-state index contributed by atoms with van der Waals surface area (Å²) in [5.41, 5.74) is 1.94. The second-order valence-corrected chi connectivity index (χ2v) is 7.80. The molecule has 0 aliphatic carbocycles. The number of likely N-dealkylation sites (tertiary alicyclic amines) is 1. The predicted molar refractivity (Wildman–Crippen MR) is 118 cm³/mol. The van der Waals surface area contributed by atoms with Crippen LogP contribution in [0.4, 0.5) is 0 Å². The van der Waals surface area contributed by atoms with Crippen molar-refractivity contribution in [3.05, 3.63) is 107 Å². The predicted octanol–water partition coefficient (Wildman–Crippen LogP) is 3.74. The number of nitrogens with one attached hydrogen (secondary N) is 1. The van der Waals surface area contributed by atoms with E-state index in [2.05, 4.69) is 5.87 Å². The molecular weight excluding hydrogens is 410 g/mol. The molecule has 31 heavy (non-hydrogen) atoms. The number of benzene rings is 2. The monoisotopic (exact) mass is 430 g/mol. The van der Waals surface area contributed by atoms with Gasteiger partial charge in [-0.05, 0) is 35.6 Å². The van der Waals surface area contributed by atoms with E-state index in [1.807, 2.05) is 48.5 Å². The van der Waals surface area contributed by atoms with Gasteiger partial charge >= 0.3 is 0 Å². The minimum atomic E-state index is -0.705. The number of pyridine rings is 1. The van der Waals surface area contributed by atoms with Crippen molar-refractivity contribution in [2.24, 2.45) is 0 Å². The highest BCUT2D eigenvalue weighted by molar-refractivity contribution is 6.30. The molecule has 4 rings (SSSR count). The minimum absolute atomic E-state index is 0.163. The van der Waals surface area contributed by atoms with Crippen LogP contribution in [0.25, 0.3) is 0 Å². The summed E-state index contributed by atoms with van der Waals surface area (Å²) in [5.74, 6) is 0.949. The number of aromatic nitrogens is 1. The van der Waals surface area contributed by atoms with Crippen molar-refractivity contribution >= 4 is 29.3 Å². The van der Waals surface area contributed by atoms with Gasteiger partial charge in [0, 0.05) is 23.7 Å². The number of rotatable bonds is 5. The Morgan fingerprint density at radius 3 is 2.23 bits per heavy atom. The van der Waals surface area contributed by atoms with Gasteiger partial charge in [-0.25, -0.2) is 0 Å². The zero-order valence-electron chi connectivity index (χ0n) is 16.7. The summed E-state index contributed by atoms with van der Waals surface area (Å²) in [4.78, 5) is 28.1. The number of carbonyl (C=O) groups excluding carboxylic acids is 2. The van der Waals surface area contributed by atoms with E-state index in [0.717, 1.165) is 11.1 Å². The molecule has 3 aromatic rings. The Balaban J connectivity index is 1.76. The van der Waals surface area contributed by atoms with Gasteiger partial charge in [0.2, 0.25) is 6.04 Å². The van der Waals surface area contributed by atoms with E-state index in [-0.39, 0.29) is 18.0 Å². The van der Waals surface area contributed by atoms with Crippen LogP contribution in [-0.2, 0) is 16.0 Å². The Labute approximate surface area is 185 Å². The Kier molecular flexibility index (Phi) is 6.08. The second kappa shape index (κ2) is 9.09. The summed E-state index contributed by atoms with van der Waals surface area (Å²) in [6.45, 7) is 0.240. The van der Waals surface area contributed by atoms with E-state index in [1.165, 1.54) is 4.90 Å². The van der Waals surface area contributed by atoms with E-state index in [9.17, 15) is 9.59 Å². The van der Waals surface area contributed by atoms with Crippen molar-refractivity contribution in [3.8, 4) is 0 Å². The smallest absolute Gasteiger partial charge is 0.272 e. The maximum Gasteiger partial charge on any atom is 0.299 e. The number of amides is 2. The summed E-state index contributed by atoms with van der Waals surface area (Å²) in [5, 5.41) is 8.43. The van der Waals surface area contributed by atoms with Crippen LogP contribution in [0.1, 0.15) is 23.1 Å². The van der Waals surface area contributed by atoms with Crippen molar-refractivity contribution < 1.29 is 14.2 Å². The van der Waals surface area contributed by atoms with Gasteiger partial charge in [-0.15, -0.1) is 0 Å². The number of nitrogens with zero attached hydrogens (tertiary/aromatic N) is 2. The highest BCUT2D eigenvalue weighted by Gasteiger charge is 2.51. The molecule has 1 fully saturated rings. The first-order chi connectivity index (χ1) is 15.1. The molecule has 6 heteroatoms. The first kappa shape index (κ1) is 20.7. The summed E-state index contributed by atoms with van der Waals surface area (Å²) in [7, 11) is 0. The first-order valence-electron chi connectivity index (χ1n) is 10.0. The van der Waals surface area contributed by atoms with Gasteiger partial charge in [0.15, 0.2) is 12.4 Å². The number of hydrogen-bond acceptors (Lipinski definition) is 3. The summed E-state index contributed by atoms with van der Waals surface area (Å²) in [6, 6.07) is 21.6. The lowest BCUT2D eigenvalue weighted by Crippen LogP contribution is -2.58. The number of hydrogen-bond donors (Lipinski definition) is 1. The number of piperidine rings is 1. The molecule has 2 aromatic carbocycles. The fourth-order valence-electron chi connectivity index (χ4n) is 3.98. The maximum absolute atomic E-state index is 13.6. The van der Waals surface area contributed by atoms with Gasteiger partial charge in [0.05, 0.1) is 11.5 Å². The van der Waals surface area contributed by atoms with Crippen LogP contribution in [0.2, 0.25) is 5.02 Å². The van der Waals surface area contributed by atoms with E-state index in [4.69, 9.17) is 17.0 Å². The molecule has 154 valence electrons. The molecular formula is C25H21ClN3O2+. The van der Waals surface area contributed by atoms with Crippen molar-refractivity contribution in [3.63, 3.8) is 0 Å². The lowest BCUT2D eigenvalue weighted by Gasteiger charge is -2.34. The lowest BCUT2D eigenvalue weighted by molar-refractivity contribution is -0.712. The van der Waals surface area contributed by atoms with Gasteiger partial charge in [0.25, 0.3) is 11.8 Å². The third-order valence-electron chi connectivity index (χ3n) is 5.51. The Morgan fingerprint density at radius 2 is 1.58 bits per heavy atom. The molecule has 5 nitrogen and oxygen atoms in total. The van der Waals surface area contributed by atoms with Crippen molar-refractivity contribution in [2.45, 2.75) is 18.4 Å². The Morgan fingerprint density at radius 1 is 0.935 bits per heavy atom. The molecule has 1 N–H and O–H groups in total. The topological polar surface area (TPSA) is 65.1 Å². The first-order valence-corrected chi connectivity index (χ1v) is 10.4. The second-order valence-electron chi connectivity index (χ2n) is 7.37. The van der Waals surface area contributed by atoms with E-state index in [1.54, 1.807) is 41.2 Å². The zero-order valence-corrected chi connectivity index (χ0v) is 17.5. The largest absolute Gasteiger partial charge is 0.299 e. The van der Waals surface area contributed by atoms with Gasteiger partial charge in [-0.1, -0.05) is 60.1 Å². The van der Waals surface area contributed by atoms with Crippen molar-refractivity contribution in [1.29, 1.82) is 5.41 Å². The lowest BCUT2D eigenvalue weighted by atomic mass is 9.80. The molecule has 1 saturated heterocycles. The van der Waals surface area contributed by atoms with Crippen molar-refractivity contribution in [1.82, 2.24) is 4.90 Å². The third kappa shape index (κ3) is 4.19. The standard InChI is InChI=1S/C25H21ClN3O2/c26-20-11-9-19(10-12-20)22-21(17-27)24(30)29(16-13-18-7-3-1-4-8-18)25(31)23(22)28-14-5-2-6-15-28/h1-12,14-15,22-23,27H,13,16H2/q+1. The molecule has 2 unspecified atom stereocenters. The molecule has 0 radical (unpaired) electrons. The molecule has 0 saturated carbocycles. The Bertz CT molecular complexity index is 1140. The maximum atomic E-state index is 13.6. The Hall–Kier alpha value is -3.53. The highest BCUT2D eigenvalue weighted by Crippen LogP contribution is 2.38. The number of imide groups is 1.